The van der Waals surface area contributed by atoms with Crippen molar-refractivity contribution in [3.8, 4) is 0 Å². The Morgan fingerprint density at radius 3 is 2.23 bits per heavy atom. The zero-order valence-corrected chi connectivity index (χ0v) is 21.0. The lowest BCUT2D eigenvalue weighted by Crippen LogP contribution is -2.53. The second-order valence-electron chi connectivity index (χ2n) is 8.97. The van der Waals surface area contributed by atoms with Crippen LogP contribution in [0.2, 0.25) is 0 Å². The van der Waals surface area contributed by atoms with Crippen LogP contribution in [0.5, 0.6) is 0 Å². The second kappa shape index (κ2) is 13.3. The van der Waals surface area contributed by atoms with Gasteiger partial charge in [0.15, 0.2) is 0 Å². The molecule has 188 valence electrons. The van der Waals surface area contributed by atoms with Crippen molar-refractivity contribution in [3.63, 3.8) is 0 Å². The van der Waals surface area contributed by atoms with E-state index in [0.717, 1.165) is 6.42 Å². The van der Waals surface area contributed by atoms with Gasteiger partial charge >= 0.3 is 11.9 Å². The molecular formula is C27H34N2O5S. The topological polar surface area (TPSA) is 98.2 Å². The molecule has 8 heteroatoms. The van der Waals surface area contributed by atoms with Crippen LogP contribution in [-0.2, 0) is 14.4 Å². The van der Waals surface area contributed by atoms with Gasteiger partial charge in [-0.2, -0.15) is 0 Å². The maximum atomic E-state index is 12.9. The van der Waals surface area contributed by atoms with Crippen molar-refractivity contribution in [2.24, 2.45) is 0 Å². The highest BCUT2D eigenvalue weighted by Gasteiger charge is 2.35. The molecule has 1 heterocycles. The van der Waals surface area contributed by atoms with Gasteiger partial charge in [0, 0.05) is 36.2 Å². The molecule has 2 fully saturated rings. The number of likely N-dealkylation sites (N-methyl/N-ethyl adjacent to an activating group) is 1. The van der Waals surface area contributed by atoms with Crippen LogP contribution >= 0.6 is 11.8 Å². The van der Waals surface area contributed by atoms with Gasteiger partial charge in [-0.3, -0.25) is 9.69 Å². The monoisotopic (exact) mass is 498 g/mol. The van der Waals surface area contributed by atoms with Crippen molar-refractivity contribution < 1.29 is 24.6 Å². The van der Waals surface area contributed by atoms with Gasteiger partial charge in [0.05, 0.1) is 5.75 Å². The number of nitrogens with zero attached hydrogens (tertiary/aromatic N) is 2. The van der Waals surface area contributed by atoms with Gasteiger partial charge in [-0.1, -0.05) is 43.2 Å². The molecule has 7 nitrogen and oxygen atoms in total. The van der Waals surface area contributed by atoms with E-state index in [2.05, 4.69) is 52.3 Å². The lowest BCUT2D eigenvalue weighted by molar-refractivity contribution is -0.134. The van der Waals surface area contributed by atoms with E-state index in [1.54, 1.807) is 11.8 Å². The van der Waals surface area contributed by atoms with Crippen LogP contribution in [-0.4, -0.2) is 75.8 Å². The summed E-state index contributed by atoms with van der Waals surface area (Å²) in [4.78, 5) is 37.9. The highest BCUT2D eigenvalue weighted by atomic mass is 32.2. The number of thioether (sulfide) groups is 1. The molecule has 2 aliphatic rings. The molecule has 0 aromatic heterocycles. The fourth-order valence-corrected chi connectivity index (χ4v) is 5.74. The first-order chi connectivity index (χ1) is 16.8. The number of carbonyl (C=O) groups excluding carboxylic acids is 1. The number of amides is 1. The summed E-state index contributed by atoms with van der Waals surface area (Å²) in [6.45, 7) is 2.43. The minimum atomic E-state index is -1.26. The van der Waals surface area contributed by atoms with Gasteiger partial charge < -0.3 is 15.1 Å². The van der Waals surface area contributed by atoms with E-state index in [1.807, 2.05) is 7.05 Å². The number of aliphatic carboxylic acids is 2. The summed E-state index contributed by atoms with van der Waals surface area (Å²) < 4.78 is 0. The van der Waals surface area contributed by atoms with Gasteiger partial charge in [0.1, 0.15) is 0 Å². The zero-order valence-electron chi connectivity index (χ0n) is 20.1. The molecule has 1 saturated heterocycles. The minimum Gasteiger partial charge on any atom is -0.478 e. The van der Waals surface area contributed by atoms with Crippen molar-refractivity contribution in [2.45, 2.75) is 55.5 Å². The third-order valence-electron chi connectivity index (χ3n) is 6.65. The van der Waals surface area contributed by atoms with Gasteiger partial charge in [-0.15, -0.1) is 11.8 Å². The maximum Gasteiger partial charge on any atom is 0.328 e. The summed E-state index contributed by atoms with van der Waals surface area (Å²) in [6.07, 6.45) is 8.72. The van der Waals surface area contributed by atoms with Gasteiger partial charge in [0.2, 0.25) is 5.91 Å². The highest BCUT2D eigenvalue weighted by Crippen LogP contribution is 2.30. The largest absolute Gasteiger partial charge is 0.478 e. The van der Waals surface area contributed by atoms with Crippen molar-refractivity contribution in [3.05, 3.63) is 54.6 Å². The molecule has 2 N–H and O–H groups in total. The van der Waals surface area contributed by atoms with Crippen LogP contribution in [0.4, 0.5) is 0 Å². The molecule has 0 radical (unpaired) electrons. The Bertz CT molecular complexity index is 1030. The van der Waals surface area contributed by atoms with E-state index in [0.29, 0.717) is 30.0 Å². The van der Waals surface area contributed by atoms with E-state index >= 15 is 0 Å². The number of carboxylic acid groups (broad SMARTS) is 2. The Kier molecular flexibility index (Phi) is 10.2. The average Bonchev–Trinajstić information content (AvgIpc) is 3.41. The molecule has 1 saturated carbocycles. The standard InChI is InChI=1S/C23H30N2OS.C4H4O4/c1-24(21-10-4-5-11-22(21)25-14-6-7-15-25)23(26)17-27-20-13-12-18-8-2-3-9-19(18)16-20;5-3(6)1-2-4(7)8/h2-3,8-9,12-13,16,21-22H,4-7,10-11,14-15,17H2,1H3;1-2H,(H,5,6)(H,7,8)/b;2-1+/t21-,22+;/m0./s1. The van der Waals surface area contributed by atoms with E-state index in [1.165, 1.54) is 60.9 Å². The molecule has 0 bridgehead atoms. The molecule has 1 aliphatic carbocycles. The number of carboxylic acids is 2. The molecular weight excluding hydrogens is 464 g/mol. The molecule has 2 aromatic carbocycles. The zero-order chi connectivity index (χ0) is 25.2. The Balaban J connectivity index is 0.000000371. The van der Waals surface area contributed by atoms with Crippen LogP contribution in [0.3, 0.4) is 0 Å². The molecule has 0 unspecified atom stereocenters. The quantitative estimate of drug-likeness (QED) is 0.428. The number of hydrogen-bond acceptors (Lipinski definition) is 5. The second-order valence-corrected chi connectivity index (χ2v) is 10.0. The van der Waals surface area contributed by atoms with Crippen LogP contribution in [0, 0.1) is 0 Å². The van der Waals surface area contributed by atoms with Crippen LogP contribution in [0.15, 0.2) is 59.5 Å². The van der Waals surface area contributed by atoms with Crippen molar-refractivity contribution in [1.29, 1.82) is 0 Å². The first-order valence-electron chi connectivity index (χ1n) is 12.1. The summed E-state index contributed by atoms with van der Waals surface area (Å²) >= 11 is 1.66. The van der Waals surface area contributed by atoms with Gasteiger partial charge in [0.25, 0.3) is 0 Å². The highest BCUT2D eigenvalue weighted by molar-refractivity contribution is 8.00. The van der Waals surface area contributed by atoms with Crippen LogP contribution < -0.4 is 0 Å². The van der Waals surface area contributed by atoms with E-state index < -0.39 is 11.9 Å². The van der Waals surface area contributed by atoms with Crippen molar-refractivity contribution in [1.82, 2.24) is 9.80 Å². The lowest BCUT2D eigenvalue weighted by atomic mass is 9.88. The fourth-order valence-electron chi connectivity index (χ4n) is 4.87. The van der Waals surface area contributed by atoms with Gasteiger partial charge in [-0.05, 0) is 61.7 Å². The Morgan fingerprint density at radius 1 is 0.943 bits per heavy atom. The van der Waals surface area contributed by atoms with E-state index in [4.69, 9.17) is 10.2 Å². The Morgan fingerprint density at radius 2 is 1.57 bits per heavy atom. The number of carbonyl (C=O) groups is 3. The summed E-state index contributed by atoms with van der Waals surface area (Å²) in [5.74, 6) is -1.72. The summed E-state index contributed by atoms with van der Waals surface area (Å²) in [6, 6.07) is 15.8. The first-order valence-corrected chi connectivity index (χ1v) is 13.1. The number of fused-ring (bicyclic) bond motifs is 1. The number of likely N-dealkylation sites (tertiary alicyclic amines) is 1. The molecule has 1 aliphatic heterocycles. The molecule has 2 aromatic rings. The number of rotatable bonds is 7. The van der Waals surface area contributed by atoms with E-state index in [-0.39, 0.29) is 5.91 Å². The summed E-state index contributed by atoms with van der Waals surface area (Å²) in [7, 11) is 2.03. The van der Waals surface area contributed by atoms with Crippen LogP contribution in [0.1, 0.15) is 38.5 Å². The third-order valence-corrected chi connectivity index (χ3v) is 7.62. The Hall–Kier alpha value is -2.84. The molecule has 0 spiro atoms. The third kappa shape index (κ3) is 8.11. The molecule has 35 heavy (non-hydrogen) atoms. The predicted molar refractivity (Wildman–Crippen MR) is 139 cm³/mol. The molecule has 2 atom stereocenters. The van der Waals surface area contributed by atoms with Crippen molar-refractivity contribution >= 4 is 40.4 Å². The first kappa shape index (κ1) is 26.8. The fraction of sp³-hybridized carbons (Fsp3) is 0.444. The smallest absolute Gasteiger partial charge is 0.328 e. The van der Waals surface area contributed by atoms with Crippen LogP contribution in [0.25, 0.3) is 10.8 Å². The number of hydrogen-bond donors (Lipinski definition) is 2. The Labute approximate surface area is 210 Å². The molecule has 4 rings (SSSR count). The van der Waals surface area contributed by atoms with Crippen molar-refractivity contribution in [2.75, 3.05) is 25.9 Å². The maximum absolute atomic E-state index is 12.9. The number of benzene rings is 2. The van der Waals surface area contributed by atoms with Gasteiger partial charge in [-0.25, -0.2) is 9.59 Å². The summed E-state index contributed by atoms with van der Waals surface area (Å²) in [5, 5.41) is 18.1. The average molecular weight is 499 g/mol. The predicted octanol–water partition coefficient (Wildman–Crippen LogP) is 4.51. The normalized spacial score (nSPS) is 20.4. The lowest BCUT2D eigenvalue weighted by Gasteiger charge is -2.42. The minimum absolute atomic E-state index is 0.268. The molecule has 1 amide bonds. The summed E-state index contributed by atoms with van der Waals surface area (Å²) in [5.41, 5.74) is 0. The van der Waals surface area contributed by atoms with E-state index in [9.17, 15) is 14.4 Å². The SMILES string of the molecule is CN(C(=O)CSc1ccc2ccccc2c1)[C@H]1CCCC[C@H]1N1CCCC1.O=C(O)/C=C/C(=O)O.